The predicted octanol–water partition coefficient (Wildman–Crippen LogP) is 4.08. The number of benzene rings is 1. The number of hydrogen-bond acceptors (Lipinski definition) is 4. The third kappa shape index (κ3) is 5.61. The van der Waals surface area contributed by atoms with E-state index in [4.69, 9.17) is 9.47 Å². The number of aryl methyl sites for hydroxylation is 1. The highest BCUT2D eigenvalue weighted by Gasteiger charge is 2.42. The summed E-state index contributed by atoms with van der Waals surface area (Å²) < 4.78 is 13.6. The van der Waals surface area contributed by atoms with Crippen molar-refractivity contribution < 1.29 is 14.3 Å². The van der Waals surface area contributed by atoms with E-state index < -0.39 is 11.7 Å². The molecule has 1 fully saturated rings. The number of likely N-dealkylation sites (tertiary alicyclic amines) is 1. The number of hydrogen-bond donors (Lipinski definition) is 1. The van der Waals surface area contributed by atoms with Crippen molar-refractivity contribution in [3.8, 4) is 0 Å². The van der Waals surface area contributed by atoms with Crippen LogP contribution >= 0.6 is 0 Å². The number of nitrogens with zero attached hydrogens (tertiary/aromatic N) is 2. The molecule has 0 aliphatic carbocycles. The van der Waals surface area contributed by atoms with Crippen LogP contribution in [0.15, 0.2) is 48.7 Å². The molecule has 158 valence electrons. The Hall–Kier alpha value is -2.31. The molecule has 6 nitrogen and oxygen atoms in total. The Morgan fingerprint density at radius 2 is 2.03 bits per heavy atom. The van der Waals surface area contributed by atoms with Gasteiger partial charge in [0.2, 0.25) is 0 Å². The summed E-state index contributed by atoms with van der Waals surface area (Å²) in [6.07, 6.45) is 5.26. The van der Waals surface area contributed by atoms with Crippen molar-refractivity contribution >= 4 is 11.8 Å². The number of aromatic nitrogens is 1. The zero-order chi connectivity index (χ0) is 20.7. The average molecular weight is 400 g/mol. The van der Waals surface area contributed by atoms with Crippen LogP contribution in [0.2, 0.25) is 0 Å². The summed E-state index contributed by atoms with van der Waals surface area (Å²) in [5.74, 6) is 0. The molecular formula is C23H33N3O3. The number of para-hydroxylation sites is 1. The van der Waals surface area contributed by atoms with Crippen LogP contribution in [0.5, 0.6) is 0 Å². The largest absolute Gasteiger partial charge is 0.440 e. The third-order valence-electron chi connectivity index (χ3n) is 5.89. The van der Waals surface area contributed by atoms with Crippen LogP contribution in [0.1, 0.15) is 31.9 Å². The zero-order valence-electron chi connectivity index (χ0n) is 17.8. The number of anilines is 1. The number of amides is 1. The molecule has 2 unspecified atom stereocenters. The average Bonchev–Trinajstić information content (AvgIpc) is 3.12. The summed E-state index contributed by atoms with van der Waals surface area (Å²) >= 11 is 0. The minimum absolute atomic E-state index is 0.365. The van der Waals surface area contributed by atoms with Gasteiger partial charge in [0, 0.05) is 70.1 Å². The number of piperidine rings is 1. The first-order valence-corrected chi connectivity index (χ1v) is 10.4. The molecule has 0 saturated carbocycles. The van der Waals surface area contributed by atoms with E-state index in [9.17, 15) is 4.79 Å². The fraction of sp³-hybridized carbons (Fsp3) is 0.522. The van der Waals surface area contributed by atoms with Crippen LogP contribution in [0.25, 0.3) is 0 Å². The van der Waals surface area contributed by atoms with E-state index >= 15 is 0 Å². The SMILES string of the molecule is CCC1CC(COC)(OC(=O)Nc2ccccc2)CCN1CCc1cccn1C. The Balaban J connectivity index is 1.62. The highest BCUT2D eigenvalue weighted by atomic mass is 16.6. The van der Waals surface area contributed by atoms with Crippen molar-refractivity contribution in [3.63, 3.8) is 0 Å². The highest BCUT2D eigenvalue weighted by molar-refractivity contribution is 5.84. The lowest BCUT2D eigenvalue weighted by Crippen LogP contribution is -2.55. The van der Waals surface area contributed by atoms with Crippen molar-refractivity contribution in [1.29, 1.82) is 0 Å². The second-order valence-corrected chi connectivity index (χ2v) is 7.91. The van der Waals surface area contributed by atoms with Gasteiger partial charge < -0.3 is 14.0 Å². The minimum Gasteiger partial charge on any atom is -0.440 e. The molecule has 1 amide bonds. The first-order valence-electron chi connectivity index (χ1n) is 10.4. The number of nitrogens with one attached hydrogen (secondary N) is 1. The summed E-state index contributed by atoms with van der Waals surface area (Å²) in [5, 5.41) is 2.83. The van der Waals surface area contributed by atoms with Gasteiger partial charge in [-0.1, -0.05) is 25.1 Å². The van der Waals surface area contributed by atoms with Gasteiger partial charge in [0.15, 0.2) is 0 Å². The van der Waals surface area contributed by atoms with Gasteiger partial charge in [-0.15, -0.1) is 0 Å². The molecular weight excluding hydrogens is 366 g/mol. The summed E-state index contributed by atoms with van der Waals surface area (Å²) in [5.41, 5.74) is 1.49. The maximum atomic E-state index is 12.6. The first-order chi connectivity index (χ1) is 14.0. The van der Waals surface area contributed by atoms with Gasteiger partial charge in [-0.25, -0.2) is 4.79 Å². The Labute approximate surface area is 173 Å². The van der Waals surface area contributed by atoms with E-state index in [1.807, 2.05) is 30.3 Å². The van der Waals surface area contributed by atoms with Crippen LogP contribution in [0.3, 0.4) is 0 Å². The van der Waals surface area contributed by atoms with Gasteiger partial charge in [-0.05, 0) is 30.7 Å². The number of carbonyl (C=O) groups is 1. The lowest BCUT2D eigenvalue weighted by Gasteiger charge is -2.45. The summed E-state index contributed by atoms with van der Waals surface area (Å²) in [6.45, 7) is 4.52. The predicted molar refractivity (Wildman–Crippen MR) is 115 cm³/mol. The number of carbonyl (C=O) groups excluding carboxylic acids is 1. The number of rotatable bonds is 8. The van der Waals surface area contributed by atoms with Crippen LogP contribution in [0.4, 0.5) is 10.5 Å². The van der Waals surface area contributed by atoms with E-state index in [-0.39, 0.29) is 0 Å². The monoisotopic (exact) mass is 399 g/mol. The normalized spacial score (nSPS) is 22.4. The van der Waals surface area contributed by atoms with E-state index in [0.29, 0.717) is 12.6 Å². The molecule has 2 atom stereocenters. The molecule has 6 heteroatoms. The summed E-state index contributed by atoms with van der Waals surface area (Å²) in [4.78, 5) is 15.1. The molecule has 0 bridgehead atoms. The smallest absolute Gasteiger partial charge is 0.412 e. The maximum absolute atomic E-state index is 12.6. The molecule has 3 rings (SSSR count). The van der Waals surface area contributed by atoms with Crippen molar-refractivity contribution in [1.82, 2.24) is 9.47 Å². The topological polar surface area (TPSA) is 55.7 Å². The lowest BCUT2D eigenvalue weighted by molar-refractivity contribution is -0.0908. The van der Waals surface area contributed by atoms with Crippen LogP contribution in [-0.4, -0.2) is 54.0 Å². The van der Waals surface area contributed by atoms with Crippen molar-refractivity contribution in [2.45, 2.75) is 44.2 Å². The van der Waals surface area contributed by atoms with Gasteiger partial charge in [-0.2, -0.15) is 0 Å². The Morgan fingerprint density at radius 1 is 1.24 bits per heavy atom. The van der Waals surface area contributed by atoms with Crippen molar-refractivity contribution in [2.24, 2.45) is 7.05 Å². The standard InChI is InChI=1S/C23H33N3O3/c1-4-20-17-23(18-28-3,29-22(27)24-19-9-6-5-7-10-19)13-16-26(20)15-12-21-11-8-14-25(21)2/h5-11,14,20H,4,12-13,15-18H2,1-3H3,(H,24,27). The van der Waals surface area contributed by atoms with Crippen LogP contribution in [-0.2, 0) is 22.9 Å². The number of ether oxygens (including phenoxy) is 2. The van der Waals surface area contributed by atoms with Crippen molar-refractivity contribution in [2.75, 3.05) is 32.1 Å². The Bertz CT molecular complexity index is 777. The maximum Gasteiger partial charge on any atom is 0.412 e. The molecule has 1 aromatic heterocycles. The molecule has 2 heterocycles. The number of methoxy groups -OCH3 is 1. The summed E-state index contributed by atoms with van der Waals surface area (Å²) in [7, 11) is 3.76. The molecule has 2 aromatic rings. The van der Waals surface area contributed by atoms with E-state index in [0.717, 1.165) is 44.5 Å². The van der Waals surface area contributed by atoms with Gasteiger partial charge in [0.1, 0.15) is 5.60 Å². The zero-order valence-corrected chi connectivity index (χ0v) is 17.8. The van der Waals surface area contributed by atoms with Gasteiger partial charge in [0.05, 0.1) is 6.61 Å². The molecule has 29 heavy (non-hydrogen) atoms. The van der Waals surface area contributed by atoms with Crippen LogP contribution in [0, 0.1) is 0 Å². The molecule has 0 radical (unpaired) electrons. The van der Waals surface area contributed by atoms with Gasteiger partial charge >= 0.3 is 6.09 Å². The summed E-state index contributed by atoms with van der Waals surface area (Å²) in [6, 6.07) is 14.0. The molecule has 1 saturated heterocycles. The van der Waals surface area contributed by atoms with Gasteiger partial charge in [-0.3, -0.25) is 10.2 Å². The fourth-order valence-corrected chi connectivity index (χ4v) is 4.28. The lowest BCUT2D eigenvalue weighted by atomic mass is 9.85. The van der Waals surface area contributed by atoms with Crippen LogP contribution < -0.4 is 5.32 Å². The highest BCUT2D eigenvalue weighted by Crippen LogP contribution is 2.33. The Kier molecular flexibility index (Phi) is 7.34. The molecule has 0 spiro atoms. The van der Waals surface area contributed by atoms with E-state index in [1.165, 1.54) is 5.69 Å². The quantitative estimate of drug-likeness (QED) is 0.727. The molecule has 1 aromatic carbocycles. The third-order valence-corrected chi connectivity index (χ3v) is 5.89. The molecule has 1 N–H and O–H groups in total. The molecule has 1 aliphatic heterocycles. The van der Waals surface area contributed by atoms with Crippen molar-refractivity contribution in [3.05, 3.63) is 54.4 Å². The minimum atomic E-state index is -0.588. The van der Waals surface area contributed by atoms with E-state index in [1.54, 1.807) is 7.11 Å². The Morgan fingerprint density at radius 3 is 2.69 bits per heavy atom. The fourth-order valence-electron chi connectivity index (χ4n) is 4.28. The van der Waals surface area contributed by atoms with E-state index in [2.05, 4.69) is 47.1 Å². The second kappa shape index (κ2) is 9.94. The van der Waals surface area contributed by atoms with Gasteiger partial charge in [0.25, 0.3) is 0 Å². The first kappa shape index (κ1) is 21.4. The molecule has 1 aliphatic rings. The second-order valence-electron chi connectivity index (χ2n) is 7.91.